The van der Waals surface area contributed by atoms with Crippen molar-refractivity contribution in [3.8, 4) is 0 Å². The number of hydrogen-bond acceptors (Lipinski definition) is 5. The van der Waals surface area contributed by atoms with Gasteiger partial charge in [-0.05, 0) is 11.9 Å². The van der Waals surface area contributed by atoms with E-state index in [0.29, 0.717) is 0 Å². The van der Waals surface area contributed by atoms with Crippen LogP contribution in [0, 0.1) is 0 Å². The van der Waals surface area contributed by atoms with Gasteiger partial charge < -0.3 is 5.73 Å². The minimum absolute atomic E-state index is 0.0243. The molecule has 5 N–H and O–H groups in total. The van der Waals surface area contributed by atoms with E-state index in [1.165, 1.54) is 11.9 Å². The quantitative estimate of drug-likeness (QED) is 0.440. The highest BCUT2D eigenvalue weighted by molar-refractivity contribution is 8.10. The summed E-state index contributed by atoms with van der Waals surface area (Å²) in [6, 6.07) is 0. The number of amides is 1. The van der Waals surface area contributed by atoms with E-state index in [0.717, 1.165) is 0 Å². The number of nitrogens with zero attached hydrogens (tertiary/aromatic N) is 1. The zero-order valence-electron chi connectivity index (χ0n) is 5.20. The SMILES string of the molecule is NC(=O)CC1(N)N=CSN1. The molecule has 1 aliphatic heterocycles. The Balaban J connectivity index is 2.52. The predicted molar refractivity (Wildman–Crippen MR) is 39.9 cm³/mol. The fourth-order valence-electron chi connectivity index (χ4n) is 0.622. The molecule has 0 aromatic carbocycles. The lowest BCUT2D eigenvalue weighted by Crippen LogP contribution is -2.48. The molecule has 1 rings (SSSR count). The second kappa shape index (κ2) is 2.57. The van der Waals surface area contributed by atoms with Gasteiger partial charge in [-0.3, -0.25) is 10.5 Å². The zero-order chi connectivity index (χ0) is 7.61. The molecule has 1 amide bonds. The van der Waals surface area contributed by atoms with Gasteiger partial charge in [0, 0.05) is 0 Å². The van der Waals surface area contributed by atoms with Crippen LogP contribution in [0.4, 0.5) is 0 Å². The Kier molecular flexibility index (Phi) is 1.93. The molecule has 0 saturated carbocycles. The van der Waals surface area contributed by atoms with Crippen LogP contribution in [-0.2, 0) is 4.79 Å². The lowest BCUT2D eigenvalue weighted by atomic mass is 10.2. The summed E-state index contributed by atoms with van der Waals surface area (Å²) in [5.74, 6) is -1.44. The number of aliphatic imine (C=N–C) groups is 1. The number of hydrogen-bond donors (Lipinski definition) is 3. The largest absolute Gasteiger partial charge is 0.370 e. The number of carbonyl (C=O) groups is 1. The van der Waals surface area contributed by atoms with Crippen molar-refractivity contribution < 1.29 is 4.79 Å². The molecule has 6 heteroatoms. The average molecular weight is 160 g/mol. The average Bonchev–Trinajstić information content (AvgIpc) is 2.12. The first-order valence-corrected chi connectivity index (χ1v) is 3.54. The topological polar surface area (TPSA) is 93.5 Å². The molecule has 0 radical (unpaired) electrons. The van der Waals surface area contributed by atoms with E-state index < -0.39 is 11.7 Å². The van der Waals surface area contributed by atoms with Crippen LogP contribution in [0.3, 0.4) is 0 Å². The van der Waals surface area contributed by atoms with Crippen LogP contribution >= 0.6 is 11.9 Å². The number of nitrogens with two attached hydrogens (primary N) is 2. The molecule has 1 unspecified atom stereocenters. The molecule has 1 aliphatic rings. The maximum Gasteiger partial charge on any atom is 0.222 e. The Morgan fingerprint density at radius 2 is 2.60 bits per heavy atom. The molecule has 1 atom stereocenters. The molecule has 0 aliphatic carbocycles. The van der Waals surface area contributed by atoms with E-state index in [1.54, 1.807) is 5.55 Å². The summed E-state index contributed by atoms with van der Waals surface area (Å²) in [7, 11) is 0. The summed E-state index contributed by atoms with van der Waals surface area (Å²) >= 11 is 1.25. The molecule has 0 bridgehead atoms. The lowest BCUT2D eigenvalue weighted by Gasteiger charge is -2.17. The normalized spacial score (nSPS) is 30.9. The molecular weight excluding hydrogens is 152 g/mol. The molecule has 0 spiro atoms. The Bertz CT molecular complexity index is 182. The smallest absolute Gasteiger partial charge is 0.222 e. The van der Waals surface area contributed by atoms with Gasteiger partial charge in [-0.1, -0.05) is 0 Å². The van der Waals surface area contributed by atoms with Crippen molar-refractivity contribution in [1.82, 2.24) is 4.72 Å². The number of primary amides is 1. The molecule has 1 heterocycles. The summed E-state index contributed by atoms with van der Waals surface area (Å²) < 4.78 is 2.74. The van der Waals surface area contributed by atoms with Gasteiger partial charge in [0.2, 0.25) is 5.91 Å². The standard InChI is InChI=1S/C4H8N4OS/c5-3(9)1-4(6)7-2-10-8-4/h2,8H,1,6H2,(H2,5,9). The minimum atomic E-state index is -0.976. The van der Waals surface area contributed by atoms with Crippen molar-refractivity contribution >= 4 is 23.4 Å². The monoisotopic (exact) mass is 160 g/mol. The van der Waals surface area contributed by atoms with Crippen LogP contribution < -0.4 is 16.2 Å². The van der Waals surface area contributed by atoms with Gasteiger partial charge in [-0.15, -0.1) is 0 Å². The summed E-state index contributed by atoms with van der Waals surface area (Å²) in [6.45, 7) is 0. The molecule has 0 saturated heterocycles. The number of nitrogens with one attached hydrogen (secondary N) is 1. The van der Waals surface area contributed by atoms with Gasteiger partial charge in [-0.2, -0.15) is 0 Å². The molecule has 0 fully saturated rings. The third kappa shape index (κ3) is 1.69. The first-order valence-electron chi connectivity index (χ1n) is 2.66. The van der Waals surface area contributed by atoms with Gasteiger partial charge in [-0.25, -0.2) is 9.71 Å². The third-order valence-corrected chi connectivity index (χ3v) is 1.70. The van der Waals surface area contributed by atoms with Gasteiger partial charge in [0.15, 0.2) is 5.79 Å². The molecule has 5 nitrogen and oxygen atoms in total. The lowest BCUT2D eigenvalue weighted by molar-refractivity contribution is -0.119. The minimum Gasteiger partial charge on any atom is -0.370 e. The van der Waals surface area contributed by atoms with Crippen LogP contribution in [0.2, 0.25) is 0 Å². The maximum absolute atomic E-state index is 10.4. The molecule has 0 aromatic heterocycles. The number of carbonyl (C=O) groups excluding carboxylic acids is 1. The fourth-order valence-corrected chi connectivity index (χ4v) is 1.24. The van der Waals surface area contributed by atoms with E-state index in [9.17, 15) is 4.79 Å². The van der Waals surface area contributed by atoms with E-state index in [4.69, 9.17) is 11.5 Å². The van der Waals surface area contributed by atoms with E-state index in [2.05, 4.69) is 9.71 Å². The van der Waals surface area contributed by atoms with Crippen LogP contribution in [-0.4, -0.2) is 17.2 Å². The molecule has 10 heavy (non-hydrogen) atoms. The van der Waals surface area contributed by atoms with Gasteiger partial charge >= 0.3 is 0 Å². The van der Waals surface area contributed by atoms with Crippen molar-refractivity contribution in [2.24, 2.45) is 16.5 Å². The maximum atomic E-state index is 10.4. The molecular formula is C4H8N4OS. The van der Waals surface area contributed by atoms with Crippen molar-refractivity contribution in [3.05, 3.63) is 0 Å². The Morgan fingerprint density at radius 1 is 1.90 bits per heavy atom. The summed E-state index contributed by atoms with van der Waals surface area (Å²) in [4.78, 5) is 14.2. The predicted octanol–water partition coefficient (Wildman–Crippen LogP) is -1.25. The van der Waals surface area contributed by atoms with E-state index in [1.807, 2.05) is 0 Å². The summed E-state index contributed by atoms with van der Waals surface area (Å²) in [6.07, 6.45) is 0.0243. The Morgan fingerprint density at radius 3 is 3.00 bits per heavy atom. The molecule has 0 aromatic rings. The highest BCUT2D eigenvalue weighted by atomic mass is 32.2. The van der Waals surface area contributed by atoms with Gasteiger partial charge in [0.25, 0.3) is 0 Å². The van der Waals surface area contributed by atoms with Crippen molar-refractivity contribution in [2.75, 3.05) is 0 Å². The second-order valence-electron chi connectivity index (χ2n) is 2.02. The van der Waals surface area contributed by atoms with Crippen LogP contribution in [0.25, 0.3) is 0 Å². The van der Waals surface area contributed by atoms with E-state index >= 15 is 0 Å². The Labute approximate surface area is 62.4 Å². The van der Waals surface area contributed by atoms with Crippen LogP contribution in [0.15, 0.2) is 4.99 Å². The zero-order valence-corrected chi connectivity index (χ0v) is 6.02. The Hall–Kier alpha value is -0.590. The van der Waals surface area contributed by atoms with Crippen LogP contribution in [0.1, 0.15) is 6.42 Å². The highest BCUT2D eigenvalue weighted by Crippen LogP contribution is 2.14. The first-order chi connectivity index (χ1) is 4.62. The number of rotatable bonds is 2. The third-order valence-electron chi connectivity index (χ3n) is 1.02. The summed E-state index contributed by atoms with van der Waals surface area (Å²) in [5, 5.41) is 0. The fraction of sp³-hybridized carbons (Fsp3) is 0.500. The van der Waals surface area contributed by atoms with E-state index in [-0.39, 0.29) is 6.42 Å². The second-order valence-corrected chi connectivity index (χ2v) is 2.67. The van der Waals surface area contributed by atoms with Gasteiger partial charge in [0.05, 0.1) is 12.0 Å². The molecule has 56 valence electrons. The van der Waals surface area contributed by atoms with Crippen molar-refractivity contribution in [3.63, 3.8) is 0 Å². The van der Waals surface area contributed by atoms with Crippen molar-refractivity contribution in [2.45, 2.75) is 12.2 Å². The summed E-state index contributed by atoms with van der Waals surface area (Å²) in [5.41, 5.74) is 12.0. The van der Waals surface area contributed by atoms with Gasteiger partial charge in [0.1, 0.15) is 0 Å². The van der Waals surface area contributed by atoms with Crippen LogP contribution in [0.5, 0.6) is 0 Å². The highest BCUT2D eigenvalue weighted by Gasteiger charge is 2.28. The first kappa shape index (κ1) is 7.52. The van der Waals surface area contributed by atoms with Crippen molar-refractivity contribution in [1.29, 1.82) is 0 Å².